The van der Waals surface area contributed by atoms with Gasteiger partial charge in [0.1, 0.15) is 5.76 Å². The van der Waals surface area contributed by atoms with Crippen LogP contribution in [0.2, 0.25) is 0 Å². The highest BCUT2D eigenvalue weighted by molar-refractivity contribution is 5.92. The second-order valence-electron chi connectivity index (χ2n) is 6.02. The van der Waals surface area contributed by atoms with Gasteiger partial charge < -0.3 is 20.3 Å². The summed E-state index contributed by atoms with van der Waals surface area (Å²) in [6.45, 7) is 7.72. The SMILES string of the molecule is CC(C)(C)c1cc(C(=O)NCC2CNCC2O)no1.Cl. The lowest BCUT2D eigenvalue weighted by Crippen LogP contribution is -2.34. The number of aliphatic hydroxyl groups is 1. The highest BCUT2D eigenvalue weighted by Crippen LogP contribution is 2.22. The van der Waals surface area contributed by atoms with Crippen LogP contribution in [0.15, 0.2) is 10.6 Å². The molecular formula is C13H22ClN3O3. The molecule has 0 saturated carbocycles. The van der Waals surface area contributed by atoms with Gasteiger partial charge in [-0.2, -0.15) is 0 Å². The molecule has 0 aliphatic carbocycles. The molecular weight excluding hydrogens is 282 g/mol. The summed E-state index contributed by atoms with van der Waals surface area (Å²) in [6.07, 6.45) is -0.400. The van der Waals surface area contributed by atoms with Crippen LogP contribution < -0.4 is 10.6 Å². The van der Waals surface area contributed by atoms with Crippen molar-refractivity contribution in [2.45, 2.75) is 32.3 Å². The van der Waals surface area contributed by atoms with Crippen molar-refractivity contribution in [3.63, 3.8) is 0 Å². The third-order valence-electron chi connectivity index (χ3n) is 3.31. The molecule has 3 N–H and O–H groups in total. The normalized spacial score (nSPS) is 22.4. The molecule has 6 nitrogen and oxygen atoms in total. The number of carbonyl (C=O) groups excluding carboxylic acids is 1. The first-order valence-electron chi connectivity index (χ1n) is 6.52. The molecule has 0 radical (unpaired) electrons. The van der Waals surface area contributed by atoms with Crippen LogP contribution in [0.5, 0.6) is 0 Å². The Morgan fingerprint density at radius 2 is 2.25 bits per heavy atom. The zero-order valence-electron chi connectivity index (χ0n) is 12.0. The molecule has 1 aromatic heterocycles. The fourth-order valence-corrected chi connectivity index (χ4v) is 1.98. The minimum absolute atomic E-state index is 0. The van der Waals surface area contributed by atoms with Crippen LogP contribution in [0.1, 0.15) is 37.0 Å². The van der Waals surface area contributed by atoms with E-state index in [0.717, 1.165) is 0 Å². The minimum Gasteiger partial charge on any atom is -0.391 e. The summed E-state index contributed by atoms with van der Waals surface area (Å²) in [5.74, 6) is 0.469. The zero-order valence-corrected chi connectivity index (χ0v) is 12.8. The second kappa shape index (κ2) is 6.56. The van der Waals surface area contributed by atoms with E-state index in [0.29, 0.717) is 25.4 Å². The van der Waals surface area contributed by atoms with E-state index in [1.54, 1.807) is 6.07 Å². The Morgan fingerprint density at radius 1 is 1.55 bits per heavy atom. The molecule has 0 bridgehead atoms. The monoisotopic (exact) mass is 303 g/mol. The van der Waals surface area contributed by atoms with Crippen molar-refractivity contribution in [2.75, 3.05) is 19.6 Å². The van der Waals surface area contributed by atoms with Crippen molar-refractivity contribution in [1.82, 2.24) is 15.8 Å². The Morgan fingerprint density at radius 3 is 2.75 bits per heavy atom. The van der Waals surface area contributed by atoms with Gasteiger partial charge in [0.05, 0.1) is 6.10 Å². The van der Waals surface area contributed by atoms with Crippen LogP contribution in [-0.2, 0) is 5.41 Å². The molecule has 2 rings (SSSR count). The first kappa shape index (κ1) is 16.9. The van der Waals surface area contributed by atoms with Crippen LogP contribution in [-0.4, -0.2) is 41.9 Å². The summed E-state index contributed by atoms with van der Waals surface area (Å²) in [5.41, 5.74) is 0.113. The van der Waals surface area contributed by atoms with E-state index in [1.807, 2.05) is 20.8 Å². The molecule has 0 aromatic carbocycles. The van der Waals surface area contributed by atoms with E-state index >= 15 is 0 Å². The van der Waals surface area contributed by atoms with Gasteiger partial charge in [-0.25, -0.2) is 0 Å². The van der Waals surface area contributed by atoms with Crippen LogP contribution in [0.25, 0.3) is 0 Å². The summed E-state index contributed by atoms with van der Waals surface area (Å²) >= 11 is 0. The maximum Gasteiger partial charge on any atom is 0.273 e. The molecule has 1 aliphatic heterocycles. The highest BCUT2D eigenvalue weighted by atomic mass is 35.5. The van der Waals surface area contributed by atoms with Crippen molar-refractivity contribution in [3.05, 3.63) is 17.5 Å². The molecule has 1 aromatic rings. The molecule has 1 amide bonds. The topological polar surface area (TPSA) is 87.4 Å². The minimum atomic E-state index is -0.400. The highest BCUT2D eigenvalue weighted by Gasteiger charge is 2.26. The number of nitrogens with zero attached hydrogens (tertiary/aromatic N) is 1. The van der Waals surface area contributed by atoms with Crippen molar-refractivity contribution in [1.29, 1.82) is 0 Å². The average molecular weight is 304 g/mol. The van der Waals surface area contributed by atoms with Gasteiger partial charge in [-0.3, -0.25) is 4.79 Å². The molecule has 20 heavy (non-hydrogen) atoms. The number of aliphatic hydroxyl groups excluding tert-OH is 1. The fourth-order valence-electron chi connectivity index (χ4n) is 1.98. The summed E-state index contributed by atoms with van der Waals surface area (Å²) < 4.78 is 5.17. The molecule has 2 atom stereocenters. The van der Waals surface area contributed by atoms with Crippen molar-refractivity contribution in [2.24, 2.45) is 5.92 Å². The summed E-state index contributed by atoms with van der Waals surface area (Å²) in [7, 11) is 0. The number of hydrogen-bond acceptors (Lipinski definition) is 5. The Kier molecular flexibility index (Phi) is 5.56. The first-order chi connectivity index (χ1) is 8.88. The number of nitrogens with one attached hydrogen (secondary N) is 2. The van der Waals surface area contributed by atoms with Crippen molar-refractivity contribution in [3.8, 4) is 0 Å². The maximum absolute atomic E-state index is 11.9. The Labute approximate surface area is 124 Å². The Hall–Kier alpha value is -1.11. The number of aromatic nitrogens is 1. The number of carbonyl (C=O) groups is 1. The van der Waals surface area contributed by atoms with E-state index in [2.05, 4.69) is 15.8 Å². The maximum atomic E-state index is 11.9. The molecule has 1 fully saturated rings. The number of β-amino-alcohol motifs (C(OH)–C–C–N with tert-alkyl or cyclic N) is 1. The predicted molar refractivity (Wildman–Crippen MR) is 77.2 cm³/mol. The lowest BCUT2D eigenvalue weighted by molar-refractivity contribution is 0.0918. The van der Waals surface area contributed by atoms with Crippen LogP contribution in [0.3, 0.4) is 0 Å². The smallest absolute Gasteiger partial charge is 0.273 e. The van der Waals surface area contributed by atoms with Gasteiger partial charge in [0.2, 0.25) is 0 Å². The lowest BCUT2D eigenvalue weighted by Gasteiger charge is -2.13. The van der Waals surface area contributed by atoms with Crippen LogP contribution in [0, 0.1) is 5.92 Å². The van der Waals surface area contributed by atoms with Gasteiger partial charge in [-0.05, 0) is 0 Å². The molecule has 2 unspecified atom stereocenters. The number of rotatable bonds is 3. The van der Waals surface area contributed by atoms with E-state index < -0.39 is 6.10 Å². The molecule has 1 aliphatic rings. The van der Waals surface area contributed by atoms with Gasteiger partial charge in [0, 0.05) is 37.0 Å². The summed E-state index contributed by atoms with van der Waals surface area (Å²) in [6, 6.07) is 1.67. The molecule has 114 valence electrons. The van der Waals surface area contributed by atoms with Gasteiger partial charge in [-0.1, -0.05) is 25.9 Å². The molecule has 0 spiro atoms. The van der Waals surface area contributed by atoms with Gasteiger partial charge in [-0.15, -0.1) is 12.4 Å². The van der Waals surface area contributed by atoms with Gasteiger partial charge in [0.25, 0.3) is 5.91 Å². The average Bonchev–Trinajstić information content (AvgIpc) is 2.93. The van der Waals surface area contributed by atoms with E-state index in [9.17, 15) is 9.90 Å². The first-order valence-corrected chi connectivity index (χ1v) is 6.52. The van der Waals surface area contributed by atoms with Gasteiger partial charge in [0.15, 0.2) is 5.69 Å². The van der Waals surface area contributed by atoms with Crippen LogP contribution in [0.4, 0.5) is 0 Å². The largest absolute Gasteiger partial charge is 0.391 e. The van der Waals surface area contributed by atoms with Gasteiger partial charge >= 0.3 is 0 Å². The van der Waals surface area contributed by atoms with Crippen LogP contribution >= 0.6 is 12.4 Å². The summed E-state index contributed by atoms with van der Waals surface area (Å²) in [5, 5.41) is 19.3. The zero-order chi connectivity index (χ0) is 14.0. The van der Waals surface area contributed by atoms with E-state index in [-0.39, 0.29) is 35.3 Å². The van der Waals surface area contributed by atoms with E-state index in [1.165, 1.54) is 0 Å². The molecule has 1 saturated heterocycles. The third-order valence-corrected chi connectivity index (χ3v) is 3.31. The Bertz CT molecular complexity index is 456. The summed E-state index contributed by atoms with van der Waals surface area (Å²) in [4.78, 5) is 11.9. The standard InChI is InChI=1S/C13H21N3O3.ClH/c1-13(2,3)11-4-9(16-19-11)12(18)15-6-8-5-14-7-10(8)17;/h4,8,10,14,17H,5-7H2,1-3H3,(H,15,18);1H. The third kappa shape index (κ3) is 3.94. The van der Waals surface area contributed by atoms with Crippen molar-refractivity contribution < 1.29 is 14.4 Å². The molecule has 7 heteroatoms. The Balaban J connectivity index is 0.00000200. The quantitative estimate of drug-likeness (QED) is 0.765. The number of hydrogen-bond donors (Lipinski definition) is 3. The molecule has 2 heterocycles. The van der Waals surface area contributed by atoms with Crippen molar-refractivity contribution >= 4 is 18.3 Å². The lowest BCUT2D eigenvalue weighted by atomic mass is 9.93. The second-order valence-corrected chi connectivity index (χ2v) is 6.02. The fraction of sp³-hybridized carbons (Fsp3) is 0.692. The number of amides is 1. The predicted octanol–water partition coefficient (Wildman–Crippen LogP) is 0.704. The number of halogens is 1. The van der Waals surface area contributed by atoms with E-state index in [4.69, 9.17) is 4.52 Å².